The van der Waals surface area contributed by atoms with Crippen LogP contribution in [-0.4, -0.2) is 46.7 Å². The maximum Gasteiger partial charge on any atom is 2.00 e. The quantitative estimate of drug-likeness (QED) is 0.629. The zero-order valence-electron chi connectivity index (χ0n) is 10.8. The molecule has 0 spiro atoms. The summed E-state index contributed by atoms with van der Waals surface area (Å²) < 4.78 is 10.5. The Morgan fingerprint density at radius 1 is 1.28 bits per heavy atom. The first-order valence-electron chi connectivity index (χ1n) is 5.07. The third-order valence-electron chi connectivity index (χ3n) is 1.95. The Labute approximate surface area is 128 Å². The van der Waals surface area contributed by atoms with Gasteiger partial charge < -0.3 is 14.9 Å². The number of hydrogen-bond donors (Lipinski definition) is 0. The van der Waals surface area contributed by atoms with E-state index in [0.29, 0.717) is 17.4 Å². The van der Waals surface area contributed by atoms with Crippen molar-refractivity contribution in [1.82, 2.24) is 0 Å². The summed E-state index contributed by atoms with van der Waals surface area (Å²) in [5.41, 5.74) is -0.996. The van der Waals surface area contributed by atoms with E-state index in [9.17, 15) is 4.79 Å². The van der Waals surface area contributed by atoms with Crippen LogP contribution in [0.1, 0.15) is 20.8 Å². The van der Waals surface area contributed by atoms with Crippen molar-refractivity contribution in [2.45, 2.75) is 26.4 Å². The van der Waals surface area contributed by atoms with Crippen LogP contribution in [0, 0.1) is 0 Å². The van der Waals surface area contributed by atoms with Gasteiger partial charge in [0.15, 0.2) is 5.60 Å². The van der Waals surface area contributed by atoms with Crippen molar-refractivity contribution in [3.8, 4) is 5.75 Å². The summed E-state index contributed by atoms with van der Waals surface area (Å²) in [5, 5.41) is 0.626. The summed E-state index contributed by atoms with van der Waals surface area (Å²) in [6, 6.07) is 6.84. The maximum absolute atomic E-state index is 11.6. The van der Waals surface area contributed by atoms with E-state index in [1.165, 1.54) is 0 Å². The van der Waals surface area contributed by atoms with E-state index in [1.54, 1.807) is 45.0 Å². The Bertz CT molecular complexity index is 365. The normalized spacial score (nSPS) is 9.78. The molecule has 96 valence electrons. The third kappa shape index (κ3) is 5.91. The fourth-order valence-corrected chi connectivity index (χ4v) is 1.27. The predicted octanol–water partition coefficient (Wildman–Crippen LogP) is 2.50. The first-order chi connectivity index (χ1) is 7.45. The van der Waals surface area contributed by atoms with E-state index < -0.39 is 5.60 Å². The van der Waals surface area contributed by atoms with Crippen LogP contribution in [-0.2, 0) is 9.53 Å². The summed E-state index contributed by atoms with van der Waals surface area (Å²) >= 11 is 5.75. The minimum absolute atomic E-state index is 0. The SMILES string of the molecule is CCOC(=O)C(C)(C)Oc1ccc(Cl)cc1.[Mg+2].[OH-]. The number of carbonyl (C=O) groups is 1. The molecule has 4 nitrogen and oxygen atoms in total. The van der Waals surface area contributed by atoms with Gasteiger partial charge in [-0.2, -0.15) is 0 Å². The van der Waals surface area contributed by atoms with Gasteiger partial charge in [0.25, 0.3) is 0 Å². The van der Waals surface area contributed by atoms with Gasteiger partial charge >= 0.3 is 29.0 Å². The molecule has 0 aliphatic rings. The number of carbonyl (C=O) groups excluding carboxylic acids is 1. The molecule has 0 aliphatic carbocycles. The van der Waals surface area contributed by atoms with Crippen LogP contribution >= 0.6 is 11.6 Å². The molecule has 0 heterocycles. The molecular weight excluding hydrogens is 268 g/mol. The molecule has 0 unspecified atom stereocenters. The monoisotopic (exact) mass is 283 g/mol. The van der Waals surface area contributed by atoms with Crippen LogP contribution in [0.5, 0.6) is 5.75 Å². The molecule has 0 bridgehead atoms. The zero-order chi connectivity index (χ0) is 12.2. The van der Waals surface area contributed by atoms with Crippen LogP contribution < -0.4 is 4.74 Å². The summed E-state index contributed by atoms with van der Waals surface area (Å²) in [6.45, 7) is 5.43. The molecule has 0 saturated heterocycles. The Morgan fingerprint density at radius 3 is 2.22 bits per heavy atom. The van der Waals surface area contributed by atoms with Gasteiger partial charge in [-0.05, 0) is 45.0 Å². The third-order valence-corrected chi connectivity index (χ3v) is 2.21. The fourth-order valence-electron chi connectivity index (χ4n) is 1.14. The second-order valence-corrected chi connectivity index (χ2v) is 4.22. The molecule has 18 heavy (non-hydrogen) atoms. The summed E-state index contributed by atoms with van der Waals surface area (Å²) in [6.07, 6.45) is 0. The predicted molar refractivity (Wildman–Crippen MR) is 70.5 cm³/mol. The van der Waals surface area contributed by atoms with Crippen molar-refractivity contribution in [2.75, 3.05) is 6.61 Å². The van der Waals surface area contributed by atoms with Crippen molar-refractivity contribution >= 4 is 40.6 Å². The second-order valence-electron chi connectivity index (χ2n) is 3.79. The van der Waals surface area contributed by atoms with E-state index in [2.05, 4.69) is 0 Å². The van der Waals surface area contributed by atoms with Crippen molar-refractivity contribution in [1.29, 1.82) is 0 Å². The topological polar surface area (TPSA) is 65.5 Å². The first kappa shape index (κ1) is 19.8. The number of hydrogen-bond acceptors (Lipinski definition) is 4. The molecule has 0 saturated carbocycles. The van der Waals surface area contributed by atoms with Crippen LogP contribution in [0.3, 0.4) is 0 Å². The number of rotatable bonds is 4. The largest absolute Gasteiger partial charge is 2.00 e. The van der Waals surface area contributed by atoms with Gasteiger partial charge in [0, 0.05) is 5.02 Å². The van der Waals surface area contributed by atoms with Gasteiger partial charge in [0.05, 0.1) is 6.61 Å². The molecule has 0 amide bonds. The van der Waals surface area contributed by atoms with E-state index in [1.807, 2.05) is 0 Å². The van der Waals surface area contributed by atoms with Crippen LogP contribution in [0.2, 0.25) is 5.02 Å². The molecule has 0 radical (unpaired) electrons. The Balaban J connectivity index is 0. The Morgan fingerprint density at radius 2 is 1.78 bits per heavy atom. The van der Waals surface area contributed by atoms with Crippen molar-refractivity contribution < 1.29 is 19.7 Å². The molecule has 1 rings (SSSR count). The Kier molecular flexibility index (Phi) is 9.46. The minimum Gasteiger partial charge on any atom is -0.870 e. The number of benzene rings is 1. The summed E-state index contributed by atoms with van der Waals surface area (Å²) in [5.74, 6) is 0.201. The van der Waals surface area contributed by atoms with Gasteiger partial charge in [-0.15, -0.1) is 0 Å². The van der Waals surface area contributed by atoms with Crippen LogP contribution in [0.25, 0.3) is 0 Å². The van der Waals surface area contributed by atoms with Gasteiger partial charge in [-0.3, -0.25) is 0 Å². The van der Waals surface area contributed by atoms with Gasteiger partial charge in [0.1, 0.15) is 5.75 Å². The van der Waals surface area contributed by atoms with E-state index >= 15 is 0 Å². The van der Waals surface area contributed by atoms with Gasteiger partial charge in [0.2, 0.25) is 0 Å². The van der Waals surface area contributed by atoms with Crippen molar-refractivity contribution in [3.05, 3.63) is 29.3 Å². The average Bonchev–Trinajstić information content (AvgIpc) is 2.21. The molecule has 6 heteroatoms. The number of esters is 1. The molecule has 0 atom stereocenters. The summed E-state index contributed by atoms with van der Waals surface area (Å²) in [4.78, 5) is 11.6. The van der Waals surface area contributed by atoms with E-state index in [-0.39, 0.29) is 34.5 Å². The standard InChI is InChI=1S/C12H15ClO3.Mg.H2O/c1-4-15-11(14)12(2,3)16-10-7-5-9(13)6-8-10;;/h5-8H,4H2,1-3H3;;1H2/q;+2;/p-1. The zero-order valence-corrected chi connectivity index (χ0v) is 12.9. The molecule has 1 N–H and O–H groups in total. The van der Waals surface area contributed by atoms with E-state index in [4.69, 9.17) is 21.1 Å². The number of ether oxygens (including phenoxy) is 2. The van der Waals surface area contributed by atoms with Gasteiger partial charge in [-0.1, -0.05) is 11.6 Å². The minimum atomic E-state index is -0.996. The summed E-state index contributed by atoms with van der Waals surface area (Å²) in [7, 11) is 0. The molecule has 0 aliphatic heterocycles. The molecule has 0 fully saturated rings. The first-order valence-corrected chi connectivity index (χ1v) is 5.45. The fraction of sp³-hybridized carbons (Fsp3) is 0.417. The number of halogens is 1. The molecule has 1 aromatic rings. The smallest absolute Gasteiger partial charge is 0.870 e. The van der Waals surface area contributed by atoms with Gasteiger partial charge in [-0.25, -0.2) is 4.79 Å². The van der Waals surface area contributed by atoms with Crippen LogP contribution in [0.15, 0.2) is 24.3 Å². The maximum atomic E-state index is 11.6. The van der Waals surface area contributed by atoms with Crippen molar-refractivity contribution in [3.63, 3.8) is 0 Å². The molecule has 1 aromatic carbocycles. The second kappa shape index (κ2) is 8.58. The van der Waals surface area contributed by atoms with E-state index in [0.717, 1.165) is 0 Å². The van der Waals surface area contributed by atoms with Crippen molar-refractivity contribution in [2.24, 2.45) is 0 Å². The average molecular weight is 284 g/mol. The van der Waals surface area contributed by atoms with Crippen LogP contribution in [0.4, 0.5) is 0 Å². The molecular formula is C12H16ClMgO4+. The Hall–Kier alpha value is -0.494. The molecule has 0 aromatic heterocycles.